The number of rotatable bonds is 9. The number of aryl methyl sites for hydroxylation is 1. The second-order valence-electron chi connectivity index (χ2n) is 14.4. The number of likely N-dealkylation sites (tertiary alicyclic amines) is 1. The van der Waals surface area contributed by atoms with E-state index in [1.165, 1.54) is 5.56 Å². The molecule has 2 unspecified atom stereocenters. The van der Waals surface area contributed by atoms with Crippen LogP contribution in [0, 0.1) is 30.1 Å². The first kappa shape index (κ1) is 33.5. The van der Waals surface area contributed by atoms with Crippen LogP contribution in [0.15, 0.2) is 12.3 Å². The molecule has 4 aliphatic rings. The Morgan fingerprint density at radius 2 is 2.05 bits per heavy atom. The Kier molecular flexibility index (Phi) is 10.9. The third kappa shape index (κ3) is 7.08. The Morgan fingerprint density at radius 3 is 2.77 bits per heavy atom. The molecular weight excluding hydrogens is 591 g/mol. The Balaban J connectivity index is 1.44. The van der Waals surface area contributed by atoms with Gasteiger partial charge in [0, 0.05) is 70.8 Å². The summed E-state index contributed by atoms with van der Waals surface area (Å²) in [6, 6.07) is 2.45. The molecule has 244 valence electrons. The third-order valence-corrected chi connectivity index (χ3v) is 11.1. The predicted molar refractivity (Wildman–Crippen MR) is 183 cm³/mol. The van der Waals surface area contributed by atoms with Crippen molar-refractivity contribution in [3.05, 3.63) is 29.1 Å². The van der Waals surface area contributed by atoms with E-state index in [1.807, 2.05) is 6.20 Å². The summed E-state index contributed by atoms with van der Waals surface area (Å²) >= 11 is 12.1. The number of pyridine rings is 1. The number of nitrogens with zero attached hydrogens (tertiary/aromatic N) is 4. The summed E-state index contributed by atoms with van der Waals surface area (Å²) in [6.45, 7) is 15.9. The molecular formula is C34H53N5O3S2. The van der Waals surface area contributed by atoms with Crippen molar-refractivity contribution in [2.24, 2.45) is 23.2 Å². The van der Waals surface area contributed by atoms with Crippen LogP contribution in [0.3, 0.4) is 0 Å². The summed E-state index contributed by atoms with van der Waals surface area (Å²) in [5, 5.41) is 4.35. The molecule has 1 aromatic rings. The highest BCUT2D eigenvalue weighted by Crippen LogP contribution is 2.52. The summed E-state index contributed by atoms with van der Waals surface area (Å²) in [4.78, 5) is 27.5. The molecule has 1 saturated carbocycles. The summed E-state index contributed by atoms with van der Waals surface area (Å²) < 4.78 is 11.8. The van der Waals surface area contributed by atoms with Gasteiger partial charge in [-0.1, -0.05) is 46.0 Å². The minimum absolute atomic E-state index is 0.0657. The highest BCUT2D eigenvalue weighted by molar-refractivity contribution is 7.80. The number of hydrogen-bond acceptors (Lipinski definition) is 6. The number of hydrogen-bond donors (Lipinski definition) is 1. The van der Waals surface area contributed by atoms with Crippen LogP contribution in [0.2, 0.25) is 0 Å². The fourth-order valence-corrected chi connectivity index (χ4v) is 8.51. The summed E-state index contributed by atoms with van der Waals surface area (Å²) in [5.41, 5.74) is 2.94. The van der Waals surface area contributed by atoms with Crippen LogP contribution in [-0.4, -0.2) is 100 Å². The minimum Gasteiger partial charge on any atom is -0.379 e. The second-order valence-corrected chi connectivity index (χ2v) is 15.3. The number of amides is 1. The van der Waals surface area contributed by atoms with Crippen LogP contribution in [0.5, 0.6) is 0 Å². The fourth-order valence-electron chi connectivity index (χ4n) is 7.89. The summed E-state index contributed by atoms with van der Waals surface area (Å²) in [5.74, 6) is 1.56. The van der Waals surface area contributed by atoms with Crippen LogP contribution in [-0.2, 0) is 27.2 Å². The van der Waals surface area contributed by atoms with Crippen molar-refractivity contribution in [3.63, 3.8) is 0 Å². The average molecular weight is 644 g/mol. The lowest BCUT2D eigenvalue weighted by molar-refractivity contribution is -0.144. The first-order valence-electron chi connectivity index (χ1n) is 16.7. The zero-order chi connectivity index (χ0) is 31.6. The Labute approximate surface area is 275 Å². The van der Waals surface area contributed by atoms with Crippen molar-refractivity contribution in [2.45, 2.75) is 97.9 Å². The molecule has 0 aromatic carbocycles. The number of thiocarbonyl (C=S) groups is 2. The van der Waals surface area contributed by atoms with E-state index in [0.29, 0.717) is 44.7 Å². The van der Waals surface area contributed by atoms with E-state index < -0.39 is 5.41 Å². The molecule has 5 rings (SSSR count). The normalized spacial score (nSPS) is 28.3. The molecule has 2 saturated heterocycles. The van der Waals surface area contributed by atoms with Crippen LogP contribution in [0.4, 0.5) is 0 Å². The number of methoxy groups -OCH3 is 1. The highest BCUT2D eigenvalue weighted by atomic mass is 32.1. The first-order chi connectivity index (χ1) is 21.0. The SMILES string of the molecule is COC1COCCC1N(C(=S)NCC(C)C)[C@@H]1C[C@H]2CN(C(=S)CCC(C)C)C[C@@]2(C(=O)N2CCc3ncc(C)cc3C2)C1. The van der Waals surface area contributed by atoms with Gasteiger partial charge in [0.2, 0.25) is 5.91 Å². The Bertz CT molecular complexity index is 1210. The van der Waals surface area contributed by atoms with Crippen LogP contribution in [0.25, 0.3) is 0 Å². The molecule has 44 heavy (non-hydrogen) atoms. The van der Waals surface area contributed by atoms with Gasteiger partial charge >= 0.3 is 0 Å². The van der Waals surface area contributed by atoms with E-state index >= 15 is 0 Å². The molecule has 1 aliphatic carbocycles. The van der Waals surface area contributed by atoms with E-state index in [-0.39, 0.29) is 30.0 Å². The van der Waals surface area contributed by atoms with Gasteiger partial charge in [0.05, 0.1) is 23.1 Å². The smallest absolute Gasteiger partial charge is 0.231 e. The van der Waals surface area contributed by atoms with Gasteiger partial charge in [0.1, 0.15) is 6.10 Å². The number of fused-ring (bicyclic) bond motifs is 2. The number of aromatic nitrogens is 1. The molecule has 3 aliphatic heterocycles. The van der Waals surface area contributed by atoms with E-state index in [0.717, 1.165) is 73.0 Å². The van der Waals surface area contributed by atoms with Crippen LogP contribution < -0.4 is 5.32 Å². The standard InChI is InChI=1S/C34H53N5O3S2/c1-22(2)7-8-31(43)38-19-26-14-27(39(33(44)36-16-23(3)4)29-10-12-42-20-30(29)41-6)15-34(26,21-38)32(40)37-11-9-28-25(18-37)13-24(5)17-35-28/h13,17,22-23,26-27,29-30H,7-12,14-16,18-21H2,1-6H3,(H,36,44)/t26-,27+,29?,30?,34-/m0/s1. The van der Waals surface area contributed by atoms with Gasteiger partial charge in [-0.05, 0) is 80.1 Å². The van der Waals surface area contributed by atoms with Crippen LogP contribution >= 0.6 is 24.4 Å². The van der Waals surface area contributed by atoms with Gasteiger partial charge in [0.15, 0.2) is 5.11 Å². The van der Waals surface area contributed by atoms with Crippen molar-refractivity contribution in [3.8, 4) is 0 Å². The first-order valence-corrected chi connectivity index (χ1v) is 17.5. The highest BCUT2D eigenvalue weighted by Gasteiger charge is 2.60. The van der Waals surface area contributed by atoms with Crippen molar-refractivity contribution in [2.75, 3.05) is 46.5 Å². The molecule has 0 bridgehead atoms. The molecule has 1 amide bonds. The zero-order valence-electron chi connectivity index (χ0n) is 27.6. The fraction of sp³-hybridized carbons (Fsp3) is 0.765. The number of nitrogens with one attached hydrogen (secondary N) is 1. The lowest BCUT2D eigenvalue weighted by Crippen LogP contribution is -2.59. The number of ether oxygens (including phenoxy) is 2. The van der Waals surface area contributed by atoms with E-state index in [1.54, 1.807) is 7.11 Å². The van der Waals surface area contributed by atoms with Gasteiger partial charge in [-0.15, -0.1) is 0 Å². The molecule has 0 radical (unpaired) electrons. The van der Waals surface area contributed by atoms with E-state index in [2.05, 4.69) is 65.7 Å². The molecule has 10 heteroatoms. The summed E-state index contributed by atoms with van der Waals surface area (Å²) in [6.07, 6.45) is 7.19. The Morgan fingerprint density at radius 1 is 1.25 bits per heavy atom. The van der Waals surface area contributed by atoms with Gasteiger partial charge in [0.25, 0.3) is 0 Å². The van der Waals surface area contributed by atoms with Gasteiger partial charge in [-0.2, -0.15) is 0 Å². The number of carbonyl (C=O) groups excluding carboxylic acids is 1. The molecule has 4 heterocycles. The van der Waals surface area contributed by atoms with E-state index in [9.17, 15) is 4.79 Å². The Hall–Kier alpha value is -1.88. The maximum absolute atomic E-state index is 14.9. The van der Waals surface area contributed by atoms with Crippen molar-refractivity contribution >= 4 is 40.4 Å². The van der Waals surface area contributed by atoms with Crippen molar-refractivity contribution < 1.29 is 14.3 Å². The average Bonchev–Trinajstić information content (AvgIpc) is 3.54. The number of carbonyl (C=O) groups is 1. The second kappa shape index (κ2) is 14.3. The maximum atomic E-state index is 14.9. The summed E-state index contributed by atoms with van der Waals surface area (Å²) in [7, 11) is 1.77. The van der Waals surface area contributed by atoms with Gasteiger partial charge in [-0.25, -0.2) is 0 Å². The van der Waals surface area contributed by atoms with Gasteiger partial charge in [-0.3, -0.25) is 9.78 Å². The molecule has 1 aromatic heterocycles. The van der Waals surface area contributed by atoms with E-state index in [4.69, 9.17) is 33.9 Å². The third-order valence-electron chi connectivity index (χ3n) is 10.2. The monoisotopic (exact) mass is 643 g/mol. The minimum atomic E-state index is -0.499. The molecule has 3 fully saturated rings. The van der Waals surface area contributed by atoms with Crippen molar-refractivity contribution in [1.82, 2.24) is 25.0 Å². The lowest BCUT2D eigenvalue weighted by atomic mass is 9.78. The predicted octanol–water partition coefficient (Wildman–Crippen LogP) is 4.76. The quantitative estimate of drug-likeness (QED) is 0.384. The van der Waals surface area contributed by atoms with Gasteiger partial charge < -0.3 is 29.5 Å². The lowest BCUT2D eigenvalue weighted by Gasteiger charge is -2.45. The van der Waals surface area contributed by atoms with Crippen molar-refractivity contribution in [1.29, 1.82) is 0 Å². The molecule has 5 atom stereocenters. The maximum Gasteiger partial charge on any atom is 0.231 e. The molecule has 0 spiro atoms. The zero-order valence-corrected chi connectivity index (χ0v) is 29.3. The molecule has 1 N–H and O–H groups in total. The topological polar surface area (TPSA) is 70.2 Å². The van der Waals surface area contributed by atoms with Crippen LogP contribution in [0.1, 0.15) is 76.6 Å². The molecule has 8 nitrogen and oxygen atoms in total. The largest absolute Gasteiger partial charge is 0.379 e.